The molecule has 3 rings (SSSR count). The first-order valence-corrected chi connectivity index (χ1v) is 6.66. The van der Waals surface area contributed by atoms with Crippen molar-refractivity contribution in [2.75, 3.05) is 6.54 Å². The molecule has 1 aliphatic carbocycles. The second-order valence-electron chi connectivity index (χ2n) is 5.57. The van der Waals surface area contributed by atoms with Gasteiger partial charge in [0.1, 0.15) is 0 Å². The van der Waals surface area contributed by atoms with Gasteiger partial charge in [-0.1, -0.05) is 30.3 Å². The van der Waals surface area contributed by atoms with Crippen LogP contribution in [0.3, 0.4) is 0 Å². The predicted molar refractivity (Wildman–Crippen MR) is 69.8 cm³/mol. The van der Waals surface area contributed by atoms with E-state index in [1.54, 1.807) is 0 Å². The summed E-state index contributed by atoms with van der Waals surface area (Å²) in [5.41, 5.74) is -0.0785. The molecule has 1 N–H and O–H groups in total. The Bertz CT molecular complexity index is 577. The third kappa shape index (κ3) is 1.99. The van der Waals surface area contributed by atoms with Crippen LogP contribution in [-0.4, -0.2) is 34.3 Å². The number of aliphatic carboxylic acids is 1. The van der Waals surface area contributed by atoms with Crippen LogP contribution >= 0.6 is 0 Å². The number of benzene rings is 1. The smallest absolute Gasteiger partial charge is 0.311 e. The van der Waals surface area contributed by atoms with E-state index in [-0.39, 0.29) is 24.8 Å². The van der Waals surface area contributed by atoms with Gasteiger partial charge in [-0.15, -0.1) is 0 Å². The summed E-state index contributed by atoms with van der Waals surface area (Å²) in [6.07, 6.45) is 1.21. The van der Waals surface area contributed by atoms with Crippen molar-refractivity contribution in [1.82, 2.24) is 4.90 Å². The number of carboxylic acid groups (broad SMARTS) is 1. The Hall–Kier alpha value is -2.17. The first-order chi connectivity index (χ1) is 9.53. The highest BCUT2D eigenvalue weighted by Crippen LogP contribution is 2.47. The van der Waals surface area contributed by atoms with Crippen molar-refractivity contribution in [3.63, 3.8) is 0 Å². The SMILES string of the molecule is O=C1CC(c2ccccc2)C(=O)N1CC1(C(=O)O)CC1. The van der Waals surface area contributed by atoms with Crippen LogP contribution in [0.5, 0.6) is 0 Å². The van der Waals surface area contributed by atoms with Crippen LogP contribution < -0.4 is 0 Å². The molecule has 1 atom stereocenters. The van der Waals surface area contributed by atoms with Gasteiger partial charge in [0.25, 0.3) is 0 Å². The molecule has 2 fully saturated rings. The highest BCUT2D eigenvalue weighted by Gasteiger charge is 2.54. The normalized spacial score (nSPS) is 24.0. The minimum atomic E-state index is -0.915. The minimum absolute atomic E-state index is 0.0172. The Morgan fingerprint density at radius 2 is 1.90 bits per heavy atom. The average Bonchev–Trinajstić information content (AvgIpc) is 3.18. The van der Waals surface area contributed by atoms with E-state index < -0.39 is 17.3 Å². The Labute approximate surface area is 116 Å². The molecule has 2 aliphatic rings. The fraction of sp³-hybridized carbons (Fsp3) is 0.400. The zero-order valence-corrected chi connectivity index (χ0v) is 10.9. The molecular formula is C15H15NO4. The number of rotatable bonds is 4. The van der Waals surface area contributed by atoms with Crippen molar-refractivity contribution in [2.45, 2.75) is 25.2 Å². The van der Waals surface area contributed by atoms with Gasteiger partial charge in [-0.2, -0.15) is 0 Å². The van der Waals surface area contributed by atoms with Crippen LogP contribution in [0.1, 0.15) is 30.7 Å². The van der Waals surface area contributed by atoms with E-state index in [0.29, 0.717) is 12.8 Å². The Morgan fingerprint density at radius 1 is 1.25 bits per heavy atom. The van der Waals surface area contributed by atoms with Crippen LogP contribution in [0, 0.1) is 5.41 Å². The monoisotopic (exact) mass is 273 g/mol. The summed E-state index contributed by atoms with van der Waals surface area (Å²) in [4.78, 5) is 36.7. The molecule has 1 aromatic rings. The van der Waals surface area contributed by atoms with Crippen LogP contribution in [0.2, 0.25) is 0 Å². The number of hydrogen-bond acceptors (Lipinski definition) is 3. The van der Waals surface area contributed by atoms with E-state index >= 15 is 0 Å². The van der Waals surface area contributed by atoms with Gasteiger partial charge in [-0.05, 0) is 18.4 Å². The number of nitrogens with zero attached hydrogens (tertiary/aromatic N) is 1. The van der Waals surface area contributed by atoms with E-state index in [1.807, 2.05) is 30.3 Å². The third-order valence-corrected chi connectivity index (χ3v) is 4.21. The second kappa shape index (κ2) is 4.44. The maximum absolute atomic E-state index is 12.4. The van der Waals surface area contributed by atoms with Gasteiger partial charge in [0.2, 0.25) is 11.8 Å². The molecule has 1 saturated heterocycles. The van der Waals surface area contributed by atoms with Crippen molar-refractivity contribution in [3.05, 3.63) is 35.9 Å². The van der Waals surface area contributed by atoms with Gasteiger partial charge in [-0.25, -0.2) is 0 Å². The molecule has 5 heteroatoms. The number of amides is 2. The van der Waals surface area contributed by atoms with Gasteiger partial charge >= 0.3 is 5.97 Å². The van der Waals surface area contributed by atoms with E-state index in [1.165, 1.54) is 0 Å². The number of imide groups is 1. The Balaban J connectivity index is 1.80. The zero-order chi connectivity index (χ0) is 14.3. The summed E-state index contributed by atoms with van der Waals surface area (Å²) in [5.74, 6) is -1.92. The fourth-order valence-electron chi connectivity index (χ4n) is 2.69. The first kappa shape index (κ1) is 12.8. The number of carboxylic acids is 1. The minimum Gasteiger partial charge on any atom is -0.481 e. The summed E-state index contributed by atoms with van der Waals surface area (Å²) in [6, 6.07) is 9.16. The zero-order valence-electron chi connectivity index (χ0n) is 10.9. The van der Waals surface area contributed by atoms with E-state index in [9.17, 15) is 19.5 Å². The lowest BCUT2D eigenvalue weighted by Crippen LogP contribution is -2.38. The molecule has 0 spiro atoms. The number of carbonyl (C=O) groups is 3. The molecule has 1 saturated carbocycles. The molecule has 104 valence electrons. The van der Waals surface area contributed by atoms with Crippen LogP contribution in [0.4, 0.5) is 0 Å². The third-order valence-electron chi connectivity index (χ3n) is 4.21. The lowest BCUT2D eigenvalue weighted by Gasteiger charge is -2.19. The molecule has 0 bridgehead atoms. The van der Waals surface area contributed by atoms with Crippen molar-refractivity contribution >= 4 is 17.8 Å². The molecule has 0 radical (unpaired) electrons. The van der Waals surface area contributed by atoms with Crippen LogP contribution in [0.15, 0.2) is 30.3 Å². The summed E-state index contributed by atoms with van der Waals surface area (Å²) in [5, 5.41) is 9.17. The van der Waals surface area contributed by atoms with Gasteiger partial charge in [-0.3, -0.25) is 19.3 Å². The predicted octanol–water partition coefficient (Wildman–Crippen LogP) is 1.39. The lowest BCUT2D eigenvalue weighted by atomic mass is 9.98. The number of hydrogen-bond donors (Lipinski definition) is 1. The number of likely N-dealkylation sites (tertiary alicyclic amines) is 1. The maximum atomic E-state index is 12.4. The molecule has 1 aliphatic heterocycles. The fourth-order valence-corrected chi connectivity index (χ4v) is 2.69. The standard InChI is InChI=1S/C15H15NO4/c17-12-8-11(10-4-2-1-3-5-10)13(18)16(12)9-15(6-7-15)14(19)20/h1-5,11H,6-9H2,(H,19,20). The van der Waals surface area contributed by atoms with E-state index in [0.717, 1.165) is 10.5 Å². The van der Waals surface area contributed by atoms with Gasteiger partial charge < -0.3 is 5.11 Å². The topological polar surface area (TPSA) is 74.7 Å². The number of carbonyl (C=O) groups excluding carboxylic acids is 2. The van der Waals surface area contributed by atoms with Gasteiger partial charge in [0.05, 0.1) is 11.3 Å². The first-order valence-electron chi connectivity index (χ1n) is 6.66. The van der Waals surface area contributed by atoms with Crippen molar-refractivity contribution in [2.24, 2.45) is 5.41 Å². The summed E-state index contributed by atoms with van der Waals surface area (Å²) >= 11 is 0. The highest BCUT2D eigenvalue weighted by molar-refractivity contribution is 6.06. The van der Waals surface area contributed by atoms with Crippen molar-refractivity contribution in [1.29, 1.82) is 0 Å². The van der Waals surface area contributed by atoms with Crippen LogP contribution in [-0.2, 0) is 14.4 Å². The molecular weight excluding hydrogens is 258 g/mol. The van der Waals surface area contributed by atoms with E-state index in [4.69, 9.17) is 0 Å². The second-order valence-corrected chi connectivity index (χ2v) is 5.57. The molecule has 1 heterocycles. The van der Waals surface area contributed by atoms with Crippen molar-refractivity contribution < 1.29 is 19.5 Å². The summed E-state index contributed by atoms with van der Waals surface area (Å²) in [6.45, 7) is 0.0172. The Morgan fingerprint density at radius 3 is 2.45 bits per heavy atom. The van der Waals surface area contributed by atoms with Crippen LogP contribution in [0.25, 0.3) is 0 Å². The lowest BCUT2D eigenvalue weighted by molar-refractivity contribution is -0.147. The Kier molecular flexibility index (Phi) is 2.85. The molecule has 20 heavy (non-hydrogen) atoms. The average molecular weight is 273 g/mol. The van der Waals surface area contributed by atoms with Gasteiger partial charge in [0.15, 0.2) is 0 Å². The van der Waals surface area contributed by atoms with E-state index in [2.05, 4.69) is 0 Å². The molecule has 5 nitrogen and oxygen atoms in total. The highest BCUT2D eigenvalue weighted by atomic mass is 16.4. The molecule has 1 aromatic carbocycles. The summed E-state index contributed by atoms with van der Waals surface area (Å²) in [7, 11) is 0. The van der Waals surface area contributed by atoms with Gasteiger partial charge in [0, 0.05) is 13.0 Å². The quantitative estimate of drug-likeness (QED) is 0.841. The molecule has 2 amide bonds. The summed E-state index contributed by atoms with van der Waals surface area (Å²) < 4.78 is 0. The van der Waals surface area contributed by atoms with Crippen molar-refractivity contribution in [3.8, 4) is 0 Å². The molecule has 0 aromatic heterocycles. The molecule has 1 unspecified atom stereocenters. The largest absolute Gasteiger partial charge is 0.481 e. The maximum Gasteiger partial charge on any atom is 0.311 e.